The Kier molecular flexibility index (Phi) is 4.77. The second kappa shape index (κ2) is 7.09. The lowest BCUT2D eigenvalue weighted by atomic mass is 10.0. The third-order valence-electron chi connectivity index (χ3n) is 4.74. The lowest BCUT2D eigenvalue weighted by molar-refractivity contribution is 0.446. The molecule has 3 aromatic rings. The van der Waals surface area contributed by atoms with Gasteiger partial charge in [0.1, 0.15) is 17.2 Å². The number of fused-ring (bicyclic) bond motifs is 1. The first-order valence-electron chi connectivity index (χ1n) is 8.81. The van der Waals surface area contributed by atoms with Crippen molar-refractivity contribution in [2.24, 2.45) is 5.92 Å². The Labute approximate surface area is 163 Å². The minimum atomic E-state index is -2.48. The molecule has 0 radical (unpaired) electrons. The number of aromatic nitrogens is 4. The van der Waals surface area contributed by atoms with Crippen molar-refractivity contribution < 1.29 is 4.21 Å². The number of nitrogens with one attached hydrogen (secondary N) is 1. The molecular formula is C18H21ClN6OS. The predicted molar refractivity (Wildman–Crippen MR) is 108 cm³/mol. The molecule has 3 aromatic heterocycles. The van der Waals surface area contributed by atoms with Crippen molar-refractivity contribution in [2.45, 2.75) is 12.8 Å². The van der Waals surface area contributed by atoms with Gasteiger partial charge in [0.15, 0.2) is 5.82 Å². The van der Waals surface area contributed by atoms with Crippen LogP contribution in [0.25, 0.3) is 17.2 Å². The molecular weight excluding hydrogens is 384 g/mol. The largest absolute Gasteiger partial charge is 0.356 e. The van der Waals surface area contributed by atoms with Crippen molar-refractivity contribution in [3.8, 4) is 11.5 Å². The maximum Gasteiger partial charge on any atom is 0.180 e. The van der Waals surface area contributed by atoms with Crippen LogP contribution in [0.15, 0.2) is 36.8 Å². The third-order valence-corrected chi connectivity index (χ3v) is 6.07. The summed E-state index contributed by atoms with van der Waals surface area (Å²) in [4.78, 5) is 15.7. The Hall–Kier alpha value is -2.19. The Bertz CT molecular complexity index is 1080. The molecule has 0 aliphatic carbocycles. The monoisotopic (exact) mass is 404 g/mol. The van der Waals surface area contributed by atoms with E-state index in [0.29, 0.717) is 16.6 Å². The maximum absolute atomic E-state index is 11.9. The van der Waals surface area contributed by atoms with Gasteiger partial charge in [0.25, 0.3) is 0 Å². The number of pyridine rings is 1. The number of imidazole rings is 1. The van der Waals surface area contributed by atoms with E-state index >= 15 is 0 Å². The number of halogens is 1. The summed E-state index contributed by atoms with van der Waals surface area (Å²) in [5, 5.41) is 0.621. The highest BCUT2D eigenvalue weighted by atomic mass is 35.5. The van der Waals surface area contributed by atoms with Gasteiger partial charge in [-0.2, -0.15) is 0 Å². The molecule has 0 bridgehead atoms. The molecule has 1 aliphatic rings. The van der Waals surface area contributed by atoms with Crippen LogP contribution < -0.4 is 4.90 Å². The standard InChI is InChI=1S/C18H21ClN6OS/c1-27(20,26)12-13-3-2-8-24(10-13)17-6-7-21-18(23-17)15-9-22-16-5-4-14(19)11-25(15)16/h4-7,9,11,13,20H,2-3,8,10,12H2,1H3/t13-,27?/m0/s1. The van der Waals surface area contributed by atoms with E-state index in [1.807, 2.05) is 16.5 Å². The van der Waals surface area contributed by atoms with E-state index in [1.54, 1.807) is 24.7 Å². The number of hydrogen-bond acceptors (Lipinski definition) is 6. The van der Waals surface area contributed by atoms with Crippen LogP contribution in [-0.4, -0.2) is 48.7 Å². The first-order chi connectivity index (χ1) is 12.9. The lowest BCUT2D eigenvalue weighted by Crippen LogP contribution is -2.38. The van der Waals surface area contributed by atoms with Gasteiger partial charge in [0, 0.05) is 47.2 Å². The van der Waals surface area contributed by atoms with Crippen LogP contribution in [0, 0.1) is 10.7 Å². The fraction of sp³-hybridized carbons (Fsp3) is 0.389. The molecule has 1 N–H and O–H groups in total. The van der Waals surface area contributed by atoms with Crippen LogP contribution in [0.2, 0.25) is 5.02 Å². The molecule has 0 spiro atoms. The highest BCUT2D eigenvalue weighted by molar-refractivity contribution is 7.91. The van der Waals surface area contributed by atoms with Crippen LogP contribution in [0.3, 0.4) is 0 Å². The van der Waals surface area contributed by atoms with Gasteiger partial charge in [-0.25, -0.2) is 15.0 Å². The number of rotatable bonds is 4. The van der Waals surface area contributed by atoms with E-state index < -0.39 is 9.73 Å². The molecule has 0 saturated carbocycles. The van der Waals surface area contributed by atoms with E-state index in [2.05, 4.69) is 14.9 Å². The highest BCUT2D eigenvalue weighted by Crippen LogP contribution is 2.25. The van der Waals surface area contributed by atoms with Crippen LogP contribution in [0.4, 0.5) is 5.82 Å². The molecule has 27 heavy (non-hydrogen) atoms. The number of hydrogen-bond donors (Lipinski definition) is 1. The molecule has 1 saturated heterocycles. The molecule has 7 nitrogen and oxygen atoms in total. The van der Waals surface area contributed by atoms with Gasteiger partial charge >= 0.3 is 0 Å². The second-order valence-corrected chi connectivity index (χ2v) is 9.86. The van der Waals surface area contributed by atoms with Gasteiger partial charge in [0.05, 0.1) is 11.2 Å². The Morgan fingerprint density at radius 3 is 3.00 bits per heavy atom. The summed E-state index contributed by atoms with van der Waals surface area (Å²) < 4.78 is 21.5. The van der Waals surface area contributed by atoms with E-state index in [9.17, 15) is 4.21 Å². The fourth-order valence-corrected chi connectivity index (χ4v) is 4.96. The zero-order valence-electron chi connectivity index (χ0n) is 15.0. The molecule has 1 aliphatic heterocycles. The van der Waals surface area contributed by atoms with Crippen LogP contribution in [0.1, 0.15) is 12.8 Å². The summed E-state index contributed by atoms with van der Waals surface area (Å²) in [5.41, 5.74) is 1.57. The third kappa shape index (κ3) is 4.06. The molecule has 0 amide bonds. The van der Waals surface area contributed by atoms with E-state index in [4.69, 9.17) is 21.4 Å². The number of anilines is 1. The summed E-state index contributed by atoms with van der Waals surface area (Å²) in [6.07, 6.45) is 8.83. The van der Waals surface area contributed by atoms with Crippen LogP contribution in [-0.2, 0) is 9.73 Å². The average Bonchev–Trinajstić information content (AvgIpc) is 3.03. The molecule has 142 valence electrons. The molecule has 4 rings (SSSR count). The van der Waals surface area contributed by atoms with Gasteiger partial charge in [0.2, 0.25) is 0 Å². The summed E-state index contributed by atoms with van der Waals surface area (Å²) >= 11 is 6.12. The van der Waals surface area contributed by atoms with Crippen molar-refractivity contribution in [1.29, 1.82) is 4.78 Å². The fourth-order valence-electron chi connectivity index (χ4n) is 3.63. The van der Waals surface area contributed by atoms with E-state index in [-0.39, 0.29) is 5.92 Å². The summed E-state index contributed by atoms with van der Waals surface area (Å²) in [7, 11) is -2.48. The van der Waals surface area contributed by atoms with Crippen molar-refractivity contribution >= 4 is 32.8 Å². The van der Waals surface area contributed by atoms with Gasteiger partial charge in [-0.05, 0) is 37.0 Å². The van der Waals surface area contributed by atoms with Gasteiger partial charge in [-0.3, -0.25) is 13.4 Å². The summed E-state index contributed by atoms with van der Waals surface area (Å²) in [6.45, 7) is 1.66. The first-order valence-corrected chi connectivity index (χ1v) is 11.3. The lowest BCUT2D eigenvalue weighted by Gasteiger charge is -2.33. The average molecular weight is 405 g/mol. The van der Waals surface area contributed by atoms with Crippen molar-refractivity contribution in [2.75, 3.05) is 30.0 Å². The molecule has 0 aromatic carbocycles. The SMILES string of the molecule is CS(=N)(=O)C[C@H]1CCCN(c2ccnc(-c3cnc4ccc(Cl)cn34)n2)C1. The van der Waals surface area contributed by atoms with Gasteiger partial charge < -0.3 is 4.90 Å². The second-order valence-electron chi connectivity index (χ2n) is 7.08. The highest BCUT2D eigenvalue weighted by Gasteiger charge is 2.23. The van der Waals surface area contributed by atoms with Crippen LogP contribution >= 0.6 is 11.6 Å². The van der Waals surface area contributed by atoms with E-state index in [0.717, 1.165) is 43.1 Å². The molecule has 1 fully saturated rings. The predicted octanol–water partition coefficient (Wildman–Crippen LogP) is 3.34. The van der Waals surface area contributed by atoms with E-state index in [1.165, 1.54) is 6.26 Å². The van der Waals surface area contributed by atoms with Crippen molar-refractivity contribution in [3.63, 3.8) is 0 Å². The normalized spacial score (nSPS) is 19.9. The molecule has 4 heterocycles. The van der Waals surface area contributed by atoms with Gasteiger partial charge in [-0.15, -0.1) is 0 Å². The molecule has 1 unspecified atom stereocenters. The minimum absolute atomic E-state index is 0.252. The first kappa shape index (κ1) is 18.2. The van der Waals surface area contributed by atoms with Crippen molar-refractivity contribution in [1.82, 2.24) is 19.4 Å². The Morgan fingerprint density at radius 1 is 1.33 bits per heavy atom. The number of piperidine rings is 1. The minimum Gasteiger partial charge on any atom is -0.356 e. The molecule has 9 heteroatoms. The van der Waals surface area contributed by atoms with Gasteiger partial charge in [-0.1, -0.05) is 11.6 Å². The smallest absolute Gasteiger partial charge is 0.180 e. The zero-order valence-corrected chi connectivity index (χ0v) is 16.6. The number of nitrogens with zero attached hydrogens (tertiary/aromatic N) is 5. The summed E-state index contributed by atoms with van der Waals surface area (Å²) in [5.74, 6) is 2.12. The molecule has 2 atom stereocenters. The topological polar surface area (TPSA) is 87.2 Å². The quantitative estimate of drug-likeness (QED) is 0.720. The Morgan fingerprint density at radius 2 is 2.19 bits per heavy atom. The Balaban J connectivity index is 1.63. The maximum atomic E-state index is 11.9. The summed E-state index contributed by atoms with van der Waals surface area (Å²) in [6, 6.07) is 5.55. The zero-order chi connectivity index (χ0) is 19.0. The van der Waals surface area contributed by atoms with Crippen LogP contribution in [0.5, 0.6) is 0 Å². The van der Waals surface area contributed by atoms with Crippen molar-refractivity contribution in [3.05, 3.63) is 41.8 Å².